The number of nitrogens with zero attached hydrogens (tertiary/aromatic N) is 2. The number of hydrogen-bond donors (Lipinski definition) is 1. The number of nitrogens with two attached hydrogens (primary N) is 1. The standard InChI is InChI=1S/C25H21Cl2N3O/c1-31-25-20(9-10-28)21-13-19(18-4-2-3-16(11-18)14-29)6-8-24(21)30(25)15-17-5-7-22(26)23(27)12-17/h2-8,11-13H,9-10,15,28H2,1H3. The molecule has 0 fully saturated rings. The average Bonchev–Trinajstić information content (AvgIpc) is 3.08. The summed E-state index contributed by atoms with van der Waals surface area (Å²) in [5.74, 6) is 0.787. The minimum Gasteiger partial charge on any atom is -0.482 e. The zero-order chi connectivity index (χ0) is 22.0. The Bertz CT molecular complexity index is 1300. The largest absolute Gasteiger partial charge is 0.482 e. The molecule has 2 N–H and O–H groups in total. The van der Waals surface area contributed by atoms with Gasteiger partial charge in [0.05, 0.1) is 40.8 Å². The first kappa shape index (κ1) is 21.3. The van der Waals surface area contributed by atoms with E-state index >= 15 is 0 Å². The lowest BCUT2D eigenvalue weighted by atomic mass is 10.00. The smallest absolute Gasteiger partial charge is 0.197 e. The average molecular weight is 450 g/mol. The van der Waals surface area contributed by atoms with Gasteiger partial charge in [0.15, 0.2) is 5.88 Å². The Kier molecular flexibility index (Phi) is 6.20. The van der Waals surface area contributed by atoms with E-state index in [4.69, 9.17) is 33.7 Å². The van der Waals surface area contributed by atoms with Crippen LogP contribution in [0.4, 0.5) is 0 Å². The molecule has 0 saturated heterocycles. The summed E-state index contributed by atoms with van der Waals surface area (Å²) in [6.45, 7) is 1.10. The highest BCUT2D eigenvalue weighted by Gasteiger charge is 2.19. The number of benzene rings is 3. The fraction of sp³-hybridized carbons (Fsp3) is 0.160. The van der Waals surface area contributed by atoms with Gasteiger partial charge in [-0.3, -0.25) is 0 Å². The van der Waals surface area contributed by atoms with Crippen LogP contribution in [0.25, 0.3) is 22.0 Å². The zero-order valence-corrected chi connectivity index (χ0v) is 18.5. The monoisotopic (exact) mass is 449 g/mol. The molecule has 0 bridgehead atoms. The summed E-state index contributed by atoms with van der Waals surface area (Å²) >= 11 is 12.3. The lowest BCUT2D eigenvalue weighted by Crippen LogP contribution is -2.06. The van der Waals surface area contributed by atoms with Crippen LogP contribution < -0.4 is 10.5 Å². The summed E-state index contributed by atoms with van der Waals surface area (Å²) in [4.78, 5) is 0. The second-order valence-corrected chi connectivity index (χ2v) is 8.10. The number of nitriles is 1. The van der Waals surface area contributed by atoms with Gasteiger partial charge in [0.1, 0.15) is 0 Å². The number of rotatable bonds is 6. The van der Waals surface area contributed by atoms with Gasteiger partial charge in [0.2, 0.25) is 0 Å². The molecule has 6 heteroatoms. The maximum Gasteiger partial charge on any atom is 0.197 e. The van der Waals surface area contributed by atoms with Crippen LogP contribution in [0.3, 0.4) is 0 Å². The molecule has 31 heavy (non-hydrogen) atoms. The number of methoxy groups -OCH3 is 1. The second-order valence-electron chi connectivity index (χ2n) is 7.29. The predicted octanol–water partition coefficient (Wildman–Crippen LogP) is 6.04. The lowest BCUT2D eigenvalue weighted by Gasteiger charge is -2.12. The molecule has 4 rings (SSSR count). The Labute approximate surface area is 191 Å². The molecule has 0 unspecified atom stereocenters. The van der Waals surface area contributed by atoms with Gasteiger partial charge < -0.3 is 15.0 Å². The van der Waals surface area contributed by atoms with Crippen molar-refractivity contribution in [1.29, 1.82) is 5.26 Å². The van der Waals surface area contributed by atoms with Crippen molar-refractivity contribution < 1.29 is 4.74 Å². The summed E-state index contributed by atoms with van der Waals surface area (Å²) in [5, 5.41) is 11.4. The van der Waals surface area contributed by atoms with Crippen molar-refractivity contribution in [3.63, 3.8) is 0 Å². The maximum absolute atomic E-state index is 9.24. The number of fused-ring (bicyclic) bond motifs is 1. The lowest BCUT2D eigenvalue weighted by molar-refractivity contribution is 0.375. The van der Waals surface area contributed by atoms with Crippen molar-refractivity contribution in [2.24, 2.45) is 5.73 Å². The first-order valence-corrected chi connectivity index (χ1v) is 10.6. The molecule has 0 aliphatic carbocycles. The van der Waals surface area contributed by atoms with Gasteiger partial charge >= 0.3 is 0 Å². The third kappa shape index (κ3) is 4.13. The van der Waals surface area contributed by atoms with Crippen LogP contribution in [0, 0.1) is 11.3 Å². The summed E-state index contributed by atoms with van der Waals surface area (Å²) < 4.78 is 7.96. The van der Waals surface area contributed by atoms with Gasteiger partial charge in [0.25, 0.3) is 0 Å². The van der Waals surface area contributed by atoms with Crippen LogP contribution in [0.2, 0.25) is 10.0 Å². The summed E-state index contributed by atoms with van der Waals surface area (Å²) in [7, 11) is 1.68. The minimum absolute atomic E-state index is 0.510. The summed E-state index contributed by atoms with van der Waals surface area (Å²) in [6, 6.07) is 21.7. The SMILES string of the molecule is COc1c(CCN)c2cc(-c3cccc(C#N)c3)ccc2n1Cc1ccc(Cl)c(Cl)c1. The van der Waals surface area contributed by atoms with Crippen LogP contribution in [0.1, 0.15) is 16.7 Å². The topological polar surface area (TPSA) is 64.0 Å². The van der Waals surface area contributed by atoms with E-state index in [-0.39, 0.29) is 0 Å². The van der Waals surface area contributed by atoms with E-state index < -0.39 is 0 Å². The van der Waals surface area contributed by atoms with E-state index in [2.05, 4.69) is 28.8 Å². The van der Waals surface area contributed by atoms with Gasteiger partial charge in [-0.2, -0.15) is 5.26 Å². The van der Waals surface area contributed by atoms with E-state index in [0.29, 0.717) is 35.1 Å². The molecule has 156 valence electrons. The normalized spacial score (nSPS) is 10.9. The van der Waals surface area contributed by atoms with Crippen LogP contribution in [0.15, 0.2) is 60.7 Å². The number of halogens is 2. The molecule has 3 aromatic carbocycles. The van der Waals surface area contributed by atoms with Crippen LogP contribution in [0.5, 0.6) is 5.88 Å². The quantitative estimate of drug-likeness (QED) is 0.389. The van der Waals surface area contributed by atoms with Crippen molar-refractivity contribution in [3.8, 4) is 23.1 Å². The molecular formula is C25H21Cl2N3O. The Morgan fingerprint density at radius 1 is 1.00 bits per heavy atom. The van der Waals surface area contributed by atoms with E-state index in [0.717, 1.165) is 39.0 Å². The third-order valence-corrected chi connectivity index (χ3v) is 6.09. The molecule has 0 aliphatic rings. The second kappa shape index (κ2) is 9.03. The molecule has 0 spiro atoms. The number of ether oxygens (including phenoxy) is 1. The van der Waals surface area contributed by atoms with Crippen molar-refractivity contribution in [1.82, 2.24) is 4.57 Å². The van der Waals surface area contributed by atoms with Crippen molar-refractivity contribution in [3.05, 3.63) is 87.4 Å². The highest BCUT2D eigenvalue weighted by Crippen LogP contribution is 2.36. The van der Waals surface area contributed by atoms with Crippen molar-refractivity contribution in [2.45, 2.75) is 13.0 Å². The highest BCUT2D eigenvalue weighted by molar-refractivity contribution is 6.42. The Morgan fingerprint density at radius 2 is 1.81 bits per heavy atom. The molecule has 1 aromatic heterocycles. The molecule has 1 heterocycles. The van der Waals surface area contributed by atoms with E-state index in [1.165, 1.54) is 0 Å². The Balaban J connectivity index is 1.88. The zero-order valence-electron chi connectivity index (χ0n) is 17.0. The first-order chi connectivity index (χ1) is 15.0. The third-order valence-electron chi connectivity index (χ3n) is 5.35. The molecular weight excluding hydrogens is 429 g/mol. The van der Waals surface area contributed by atoms with Gasteiger partial charge in [-0.05, 0) is 66.1 Å². The van der Waals surface area contributed by atoms with Gasteiger partial charge in [0, 0.05) is 10.9 Å². The fourth-order valence-corrected chi connectivity index (χ4v) is 4.27. The molecule has 4 aromatic rings. The van der Waals surface area contributed by atoms with E-state index in [9.17, 15) is 5.26 Å². The molecule has 0 radical (unpaired) electrons. The highest BCUT2D eigenvalue weighted by atomic mass is 35.5. The van der Waals surface area contributed by atoms with E-state index in [1.807, 2.05) is 30.3 Å². The van der Waals surface area contributed by atoms with Gasteiger partial charge in [-0.15, -0.1) is 0 Å². The summed E-state index contributed by atoms with van der Waals surface area (Å²) in [5.41, 5.74) is 11.7. The van der Waals surface area contributed by atoms with Crippen molar-refractivity contribution in [2.75, 3.05) is 13.7 Å². The molecule has 4 nitrogen and oxygen atoms in total. The predicted molar refractivity (Wildman–Crippen MR) is 127 cm³/mol. The molecule has 0 atom stereocenters. The molecule has 0 amide bonds. The Hall–Kier alpha value is -2.97. The van der Waals surface area contributed by atoms with Gasteiger partial charge in [-0.1, -0.05) is 47.5 Å². The number of hydrogen-bond acceptors (Lipinski definition) is 3. The van der Waals surface area contributed by atoms with Crippen LogP contribution >= 0.6 is 23.2 Å². The first-order valence-electron chi connectivity index (χ1n) is 9.89. The fourth-order valence-electron chi connectivity index (χ4n) is 3.95. The molecule has 0 saturated carbocycles. The van der Waals surface area contributed by atoms with E-state index in [1.54, 1.807) is 19.2 Å². The van der Waals surface area contributed by atoms with Gasteiger partial charge in [-0.25, -0.2) is 0 Å². The van der Waals surface area contributed by atoms with Crippen molar-refractivity contribution >= 4 is 34.1 Å². The summed E-state index contributed by atoms with van der Waals surface area (Å²) in [6.07, 6.45) is 0.690. The van der Waals surface area contributed by atoms with Crippen LogP contribution in [-0.2, 0) is 13.0 Å². The number of aromatic nitrogens is 1. The van der Waals surface area contributed by atoms with Crippen LogP contribution in [-0.4, -0.2) is 18.2 Å². The maximum atomic E-state index is 9.24. The Morgan fingerprint density at radius 3 is 2.52 bits per heavy atom. The molecule has 0 aliphatic heterocycles. The minimum atomic E-state index is 0.510.